The van der Waals surface area contributed by atoms with Crippen molar-refractivity contribution < 1.29 is 0 Å². The van der Waals surface area contributed by atoms with E-state index in [-0.39, 0.29) is 24.0 Å². The summed E-state index contributed by atoms with van der Waals surface area (Å²) < 4.78 is 0. The fourth-order valence-electron chi connectivity index (χ4n) is 2.51. The summed E-state index contributed by atoms with van der Waals surface area (Å²) in [5.74, 6) is 1.69. The Labute approximate surface area is 175 Å². The maximum atomic E-state index is 4.61. The van der Waals surface area contributed by atoms with Crippen molar-refractivity contribution in [1.82, 2.24) is 15.6 Å². The molecule has 0 radical (unpaired) electrons. The van der Waals surface area contributed by atoms with Crippen molar-refractivity contribution in [3.05, 3.63) is 58.3 Å². The fraction of sp³-hybridized carbons (Fsp3) is 0.263. The maximum absolute atomic E-state index is 4.61. The monoisotopic (exact) mass is 481 g/mol. The Bertz CT molecular complexity index is 862. The van der Waals surface area contributed by atoms with Gasteiger partial charge in [-0.05, 0) is 37.3 Å². The molecule has 1 aromatic carbocycles. The minimum Gasteiger partial charge on any atom is -0.368 e. The quantitative estimate of drug-likeness (QED) is 0.216. The van der Waals surface area contributed by atoms with Gasteiger partial charge >= 0.3 is 0 Å². The predicted octanol–water partition coefficient (Wildman–Crippen LogP) is 4.00. The zero-order valence-corrected chi connectivity index (χ0v) is 18.1. The number of hydrogen-bond acceptors (Lipinski definition) is 4. The van der Waals surface area contributed by atoms with Crippen molar-refractivity contribution >= 4 is 58.0 Å². The van der Waals surface area contributed by atoms with Gasteiger partial charge in [0.15, 0.2) is 5.96 Å². The molecule has 5 nitrogen and oxygen atoms in total. The maximum Gasteiger partial charge on any atom is 0.191 e. The zero-order chi connectivity index (χ0) is 17.5. The molecule has 0 amide bonds. The van der Waals surface area contributed by atoms with Crippen LogP contribution in [0, 0.1) is 6.92 Å². The summed E-state index contributed by atoms with van der Waals surface area (Å²) in [4.78, 5) is 11.5. The number of nitrogens with one attached hydrogen (secondary N) is 3. The minimum atomic E-state index is 0. The number of aliphatic imine (C=N–C) groups is 1. The molecule has 0 saturated heterocycles. The molecule has 0 aliphatic heterocycles. The van der Waals surface area contributed by atoms with E-state index in [0.717, 1.165) is 42.3 Å². The van der Waals surface area contributed by atoms with Gasteiger partial charge in [-0.15, -0.1) is 35.3 Å². The lowest BCUT2D eigenvalue weighted by molar-refractivity contribution is 0.818. The lowest BCUT2D eigenvalue weighted by Crippen LogP contribution is -2.39. The third-order valence-electron chi connectivity index (χ3n) is 3.77. The highest BCUT2D eigenvalue weighted by atomic mass is 127. The van der Waals surface area contributed by atoms with Crippen molar-refractivity contribution in [2.24, 2.45) is 4.99 Å². The van der Waals surface area contributed by atoms with Crippen LogP contribution in [-0.2, 0) is 6.54 Å². The molecular formula is C19H24IN5S. The number of benzene rings is 1. The molecule has 138 valence electrons. The van der Waals surface area contributed by atoms with Crippen LogP contribution in [0.1, 0.15) is 9.75 Å². The van der Waals surface area contributed by atoms with E-state index in [4.69, 9.17) is 0 Å². The third-order valence-corrected chi connectivity index (χ3v) is 4.77. The van der Waals surface area contributed by atoms with Gasteiger partial charge in [-0.25, -0.2) is 4.98 Å². The predicted molar refractivity (Wildman–Crippen MR) is 123 cm³/mol. The highest BCUT2D eigenvalue weighted by Gasteiger charge is 2.01. The number of guanidine groups is 1. The number of pyridine rings is 1. The summed E-state index contributed by atoms with van der Waals surface area (Å²) in [6.07, 6.45) is 0. The fourth-order valence-corrected chi connectivity index (χ4v) is 3.34. The van der Waals surface area contributed by atoms with Crippen molar-refractivity contribution in [3.8, 4) is 0 Å². The van der Waals surface area contributed by atoms with Crippen LogP contribution in [0.25, 0.3) is 10.9 Å². The second-order valence-corrected chi connectivity index (χ2v) is 7.05. The average Bonchev–Trinajstić information content (AvgIpc) is 3.06. The first-order valence-electron chi connectivity index (χ1n) is 8.34. The molecule has 0 aliphatic carbocycles. The van der Waals surface area contributed by atoms with Crippen molar-refractivity contribution in [3.63, 3.8) is 0 Å². The van der Waals surface area contributed by atoms with E-state index < -0.39 is 0 Å². The SMILES string of the molecule is CN=C(NCCNc1ccc2ccccc2n1)NCc1ccc(C)s1.I. The van der Waals surface area contributed by atoms with E-state index in [1.54, 1.807) is 18.4 Å². The Morgan fingerprint density at radius 2 is 1.88 bits per heavy atom. The first-order valence-corrected chi connectivity index (χ1v) is 9.16. The molecule has 26 heavy (non-hydrogen) atoms. The Morgan fingerprint density at radius 1 is 1.04 bits per heavy atom. The molecule has 3 N–H and O–H groups in total. The molecule has 0 fully saturated rings. The average molecular weight is 481 g/mol. The Balaban J connectivity index is 0.00000243. The van der Waals surface area contributed by atoms with Crippen LogP contribution in [0.3, 0.4) is 0 Å². The van der Waals surface area contributed by atoms with Crippen LogP contribution in [0.4, 0.5) is 5.82 Å². The largest absolute Gasteiger partial charge is 0.368 e. The van der Waals surface area contributed by atoms with Crippen LogP contribution in [-0.4, -0.2) is 31.1 Å². The van der Waals surface area contributed by atoms with Gasteiger partial charge in [0.2, 0.25) is 0 Å². The number of rotatable bonds is 6. The third kappa shape index (κ3) is 5.84. The molecule has 0 atom stereocenters. The first kappa shape index (κ1) is 20.4. The van der Waals surface area contributed by atoms with Crippen molar-refractivity contribution in [1.29, 1.82) is 0 Å². The lowest BCUT2D eigenvalue weighted by atomic mass is 10.2. The van der Waals surface area contributed by atoms with Gasteiger partial charge in [-0.2, -0.15) is 0 Å². The number of nitrogens with zero attached hydrogens (tertiary/aromatic N) is 2. The highest BCUT2D eigenvalue weighted by molar-refractivity contribution is 14.0. The van der Waals surface area contributed by atoms with Gasteiger partial charge in [-0.3, -0.25) is 4.99 Å². The molecule has 0 aliphatic rings. The van der Waals surface area contributed by atoms with Gasteiger partial charge < -0.3 is 16.0 Å². The van der Waals surface area contributed by atoms with Gasteiger partial charge in [0.25, 0.3) is 0 Å². The molecule has 2 heterocycles. The van der Waals surface area contributed by atoms with Gasteiger partial charge in [0.1, 0.15) is 5.82 Å². The highest BCUT2D eigenvalue weighted by Crippen LogP contribution is 2.15. The topological polar surface area (TPSA) is 61.3 Å². The summed E-state index contributed by atoms with van der Waals surface area (Å²) >= 11 is 1.80. The molecule has 7 heteroatoms. The molecule has 0 saturated carbocycles. The second-order valence-electron chi connectivity index (χ2n) is 5.68. The number of thiophene rings is 1. The lowest BCUT2D eigenvalue weighted by Gasteiger charge is -2.12. The summed E-state index contributed by atoms with van der Waals surface area (Å²) in [6, 6.07) is 16.5. The number of aromatic nitrogens is 1. The van der Waals surface area contributed by atoms with Gasteiger partial charge in [-0.1, -0.05) is 18.2 Å². The minimum absolute atomic E-state index is 0. The molecule has 3 rings (SSSR count). The van der Waals surface area contributed by atoms with Crippen molar-refractivity contribution in [2.45, 2.75) is 13.5 Å². The summed E-state index contributed by atoms with van der Waals surface area (Å²) in [5.41, 5.74) is 1.00. The van der Waals surface area contributed by atoms with Crippen molar-refractivity contribution in [2.75, 3.05) is 25.5 Å². The molecule has 2 aromatic heterocycles. The summed E-state index contributed by atoms with van der Waals surface area (Å²) in [5, 5.41) is 11.1. The summed E-state index contributed by atoms with van der Waals surface area (Å²) in [7, 11) is 1.79. The molecule has 0 spiro atoms. The number of aryl methyl sites for hydroxylation is 1. The number of fused-ring (bicyclic) bond motifs is 1. The van der Waals surface area contributed by atoms with Crippen LogP contribution < -0.4 is 16.0 Å². The van der Waals surface area contributed by atoms with E-state index in [0.29, 0.717) is 0 Å². The van der Waals surface area contributed by atoms with E-state index in [1.165, 1.54) is 9.75 Å². The van der Waals surface area contributed by atoms with E-state index in [1.807, 2.05) is 24.3 Å². The van der Waals surface area contributed by atoms with E-state index in [2.05, 4.69) is 57.1 Å². The number of halogens is 1. The Morgan fingerprint density at radius 3 is 2.65 bits per heavy atom. The number of para-hydroxylation sites is 1. The number of anilines is 1. The van der Waals surface area contributed by atoms with Gasteiger partial charge in [0.05, 0.1) is 12.1 Å². The summed E-state index contributed by atoms with van der Waals surface area (Å²) in [6.45, 7) is 4.44. The van der Waals surface area contributed by atoms with E-state index >= 15 is 0 Å². The molecule has 0 bridgehead atoms. The first-order chi connectivity index (χ1) is 12.2. The van der Waals surface area contributed by atoms with Crippen LogP contribution in [0.2, 0.25) is 0 Å². The second kappa shape index (κ2) is 10.3. The smallest absolute Gasteiger partial charge is 0.191 e. The van der Waals surface area contributed by atoms with E-state index in [9.17, 15) is 0 Å². The molecule has 3 aromatic rings. The number of hydrogen-bond donors (Lipinski definition) is 3. The molecule has 0 unspecified atom stereocenters. The Hall–Kier alpha value is -1.87. The van der Waals surface area contributed by atoms with Crippen LogP contribution in [0.5, 0.6) is 0 Å². The normalized spacial score (nSPS) is 11.1. The zero-order valence-electron chi connectivity index (χ0n) is 15.0. The van der Waals surface area contributed by atoms with Gasteiger partial charge in [0, 0.05) is 35.3 Å². The molecular weight excluding hydrogens is 457 g/mol. The van der Waals surface area contributed by atoms with Crippen LogP contribution >= 0.6 is 35.3 Å². The standard InChI is InChI=1S/C19H23N5S.HI/c1-14-7-9-16(25-14)13-23-19(20-2)22-12-11-21-18-10-8-15-5-3-4-6-17(15)24-18;/h3-10H,11-13H2,1-2H3,(H,21,24)(H2,20,22,23);1H. The Kier molecular flexibility index (Phi) is 8.11. The van der Waals surface area contributed by atoms with Crippen LogP contribution in [0.15, 0.2) is 53.5 Å².